The third-order valence-electron chi connectivity index (χ3n) is 10.4. The van der Waals surface area contributed by atoms with Gasteiger partial charge in [-0.3, -0.25) is 0 Å². The molecule has 170 valence electrons. The number of hydrogen-bond acceptors (Lipinski definition) is 2. The third kappa shape index (κ3) is 3.75. The van der Waals surface area contributed by atoms with Gasteiger partial charge in [0.2, 0.25) is 0 Å². The predicted molar refractivity (Wildman–Crippen MR) is 125 cm³/mol. The summed E-state index contributed by atoms with van der Waals surface area (Å²) in [5, 5.41) is 21.8. The molecule has 0 saturated heterocycles. The lowest BCUT2D eigenvalue weighted by Crippen LogP contribution is -2.53. The molecule has 0 radical (unpaired) electrons. The maximum atomic E-state index is 11.6. The smallest absolute Gasteiger partial charge is 0.0653 e. The van der Waals surface area contributed by atoms with E-state index in [-0.39, 0.29) is 11.5 Å². The molecule has 4 aliphatic rings. The molecule has 3 saturated carbocycles. The van der Waals surface area contributed by atoms with Gasteiger partial charge in [-0.15, -0.1) is 6.58 Å². The summed E-state index contributed by atoms with van der Waals surface area (Å²) in [6, 6.07) is 0. The molecule has 2 heteroatoms. The summed E-state index contributed by atoms with van der Waals surface area (Å²) in [6.45, 7) is 13.3. The Labute approximate surface area is 185 Å². The maximum Gasteiger partial charge on any atom is 0.0653 e. The molecule has 0 amide bonds. The van der Waals surface area contributed by atoms with E-state index in [9.17, 15) is 10.2 Å². The molecule has 0 aromatic carbocycles. The molecule has 2 nitrogen and oxygen atoms in total. The Morgan fingerprint density at radius 1 is 1.13 bits per heavy atom. The first kappa shape index (κ1) is 22.6. The summed E-state index contributed by atoms with van der Waals surface area (Å²) in [7, 11) is 0. The van der Waals surface area contributed by atoms with Gasteiger partial charge in [0.15, 0.2) is 0 Å². The number of unbranched alkanes of at least 4 members (excludes halogenated alkanes) is 1. The molecule has 0 aromatic heterocycles. The van der Waals surface area contributed by atoms with Crippen LogP contribution in [-0.2, 0) is 0 Å². The molecule has 30 heavy (non-hydrogen) atoms. The van der Waals surface area contributed by atoms with Gasteiger partial charge in [0.1, 0.15) is 0 Å². The first-order valence-electron chi connectivity index (χ1n) is 12.8. The second-order valence-corrected chi connectivity index (χ2v) is 12.4. The van der Waals surface area contributed by atoms with Gasteiger partial charge in [-0.1, -0.05) is 37.5 Å². The van der Waals surface area contributed by atoms with E-state index in [1.165, 1.54) is 37.7 Å². The van der Waals surface area contributed by atoms with Crippen LogP contribution in [0.1, 0.15) is 105 Å². The van der Waals surface area contributed by atoms with Crippen LogP contribution in [0.5, 0.6) is 0 Å². The van der Waals surface area contributed by atoms with Crippen LogP contribution in [0.4, 0.5) is 0 Å². The van der Waals surface area contributed by atoms with Crippen LogP contribution in [0.2, 0.25) is 0 Å². The number of hydrogen-bond donors (Lipinski definition) is 2. The van der Waals surface area contributed by atoms with Crippen molar-refractivity contribution in [2.75, 3.05) is 0 Å². The minimum absolute atomic E-state index is 0.120. The maximum absolute atomic E-state index is 11.6. The van der Waals surface area contributed by atoms with Gasteiger partial charge in [0, 0.05) is 0 Å². The van der Waals surface area contributed by atoms with Crippen molar-refractivity contribution in [2.24, 2.45) is 34.5 Å². The molecule has 0 aromatic rings. The third-order valence-corrected chi connectivity index (χ3v) is 10.4. The summed E-state index contributed by atoms with van der Waals surface area (Å²) in [5.74, 6) is 2.75. The minimum atomic E-state index is -0.542. The predicted octanol–water partition coefficient (Wildman–Crippen LogP) is 6.81. The van der Waals surface area contributed by atoms with Crippen LogP contribution >= 0.6 is 0 Å². The molecular weight excluding hydrogens is 368 g/mol. The lowest BCUT2D eigenvalue weighted by Gasteiger charge is -2.59. The van der Waals surface area contributed by atoms with Crippen molar-refractivity contribution in [1.82, 2.24) is 0 Å². The average molecular weight is 415 g/mol. The highest BCUT2D eigenvalue weighted by Gasteiger charge is 2.61. The summed E-state index contributed by atoms with van der Waals surface area (Å²) >= 11 is 0. The van der Waals surface area contributed by atoms with Crippen molar-refractivity contribution in [3.63, 3.8) is 0 Å². The van der Waals surface area contributed by atoms with E-state index in [1.807, 2.05) is 0 Å². The molecule has 0 bridgehead atoms. The monoisotopic (exact) mass is 414 g/mol. The van der Waals surface area contributed by atoms with Gasteiger partial charge in [0.05, 0.1) is 11.7 Å². The van der Waals surface area contributed by atoms with Gasteiger partial charge in [-0.2, -0.15) is 0 Å². The van der Waals surface area contributed by atoms with E-state index in [1.54, 1.807) is 5.57 Å². The first-order chi connectivity index (χ1) is 14.1. The summed E-state index contributed by atoms with van der Waals surface area (Å²) in [5.41, 5.74) is 2.88. The number of allylic oxidation sites excluding steroid dienone is 2. The molecule has 4 aliphatic carbocycles. The van der Waals surface area contributed by atoms with Crippen LogP contribution in [0.15, 0.2) is 23.8 Å². The van der Waals surface area contributed by atoms with Gasteiger partial charge in [-0.25, -0.2) is 0 Å². The highest BCUT2D eigenvalue weighted by atomic mass is 16.3. The van der Waals surface area contributed by atoms with Crippen molar-refractivity contribution in [3.05, 3.63) is 23.8 Å². The fourth-order valence-corrected chi connectivity index (χ4v) is 8.75. The van der Waals surface area contributed by atoms with Crippen LogP contribution in [-0.4, -0.2) is 21.9 Å². The topological polar surface area (TPSA) is 40.5 Å². The van der Waals surface area contributed by atoms with Crippen LogP contribution in [0.25, 0.3) is 0 Å². The Bertz CT molecular complexity index is 691. The molecule has 0 aliphatic heterocycles. The van der Waals surface area contributed by atoms with Crippen LogP contribution in [0.3, 0.4) is 0 Å². The fourth-order valence-electron chi connectivity index (χ4n) is 8.75. The Morgan fingerprint density at radius 3 is 2.63 bits per heavy atom. The fraction of sp³-hybridized carbons (Fsp3) is 0.857. The van der Waals surface area contributed by atoms with E-state index in [4.69, 9.17) is 0 Å². The van der Waals surface area contributed by atoms with E-state index in [2.05, 4.69) is 40.3 Å². The zero-order chi connectivity index (χ0) is 21.7. The highest BCUT2D eigenvalue weighted by molar-refractivity contribution is 5.25. The minimum Gasteiger partial charge on any atom is -0.393 e. The lowest BCUT2D eigenvalue weighted by molar-refractivity contribution is -0.105. The molecule has 4 unspecified atom stereocenters. The summed E-state index contributed by atoms with van der Waals surface area (Å²) in [6.07, 6.45) is 16.0. The largest absolute Gasteiger partial charge is 0.393 e. The Hall–Kier alpha value is -0.600. The number of aliphatic hydroxyl groups is 2. The lowest BCUT2D eigenvalue weighted by atomic mass is 9.46. The van der Waals surface area contributed by atoms with Crippen molar-refractivity contribution < 1.29 is 10.2 Å². The molecule has 0 spiro atoms. The van der Waals surface area contributed by atoms with Crippen molar-refractivity contribution >= 4 is 0 Å². The summed E-state index contributed by atoms with van der Waals surface area (Å²) in [4.78, 5) is 0. The number of aliphatic hydroxyl groups excluding tert-OH is 1. The van der Waals surface area contributed by atoms with Crippen molar-refractivity contribution in [3.8, 4) is 0 Å². The van der Waals surface area contributed by atoms with E-state index >= 15 is 0 Å². The van der Waals surface area contributed by atoms with Gasteiger partial charge < -0.3 is 10.2 Å². The Balaban J connectivity index is 1.49. The quantitative estimate of drug-likeness (QED) is 0.370. The SMILES string of the molecule is C=C(C)CCCC[C@](C)(O)C1CCC2C3CC=C4C[C@@H](O)CC[C@]4(C)C3CC[C@@]21C. The first-order valence-corrected chi connectivity index (χ1v) is 12.8. The second kappa shape index (κ2) is 8.07. The van der Waals surface area contributed by atoms with Crippen molar-refractivity contribution in [1.29, 1.82) is 0 Å². The Kier molecular flexibility index (Phi) is 6.08. The second-order valence-electron chi connectivity index (χ2n) is 12.4. The number of fused-ring (bicyclic) bond motifs is 5. The van der Waals surface area contributed by atoms with E-state index in [0.717, 1.165) is 62.7 Å². The van der Waals surface area contributed by atoms with Gasteiger partial charge in [-0.05, 0) is 119 Å². The van der Waals surface area contributed by atoms with Crippen LogP contribution < -0.4 is 0 Å². The molecule has 3 fully saturated rings. The molecule has 4 rings (SSSR count). The van der Waals surface area contributed by atoms with Crippen LogP contribution in [0, 0.1) is 34.5 Å². The normalized spacial score (nSPS) is 45.0. The van der Waals surface area contributed by atoms with E-state index < -0.39 is 5.60 Å². The summed E-state index contributed by atoms with van der Waals surface area (Å²) < 4.78 is 0. The van der Waals surface area contributed by atoms with Crippen molar-refractivity contribution in [2.45, 2.75) is 116 Å². The number of rotatable bonds is 6. The molecule has 0 heterocycles. The Morgan fingerprint density at radius 2 is 1.90 bits per heavy atom. The zero-order valence-electron chi connectivity index (χ0n) is 20.1. The van der Waals surface area contributed by atoms with Gasteiger partial charge in [0.25, 0.3) is 0 Å². The average Bonchev–Trinajstić information content (AvgIpc) is 3.04. The molecule has 8 atom stereocenters. The highest BCUT2D eigenvalue weighted by Crippen LogP contribution is 2.67. The zero-order valence-corrected chi connectivity index (χ0v) is 20.1. The molecule has 2 N–H and O–H groups in total. The van der Waals surface area contributed by atoms with E-state index in [0.29, 0.717) is 11.3 Å². The standard InChI is InChI=1S/C28H46O2/c1-19(2)8-6-7-15-28(5,30)25-12-11-23-22-10-9-20-18-21(29)13-16-26(20,3)24(22)14-17-27(23,25)4/h9,21-25,29-30H,1,6-8,10-18H2,2-5H3/t21-,22?,23?,24?,25?,26-,27-,28-/m0/s1. The molecular formula is C28H46O2. The van der Waals surface area contributed by atoms with Gasteiger partial charge >= 0.3 is 0 Å².